The van der Waals surface area contributed by atoms with Crippen LogP contribution in [0.3, 0.4) is 0 Å². The molecule has 0 amide bonds. The lowest BCUT2D eigenvalue weighted by Crippen LogP contribution is -2.24. The molecule has 1 N–H and O–H groups in total. The Balaban J connectivity index is 1.88. The third kappa shape index (κ3) is 4.14. The summed E-state index contributed by atoms with van der Waals surface area (Å²) in [5.74, 6) is 1.60. The summed E-state index contributed by atoms with van der Waals surface area (Å²) in [5, 5.41) is 3.34. The highest BCUT2D eigenvalue weighted by atomic mass is 16.5. The summed E-state index contributed by atoms with van der Waals surface area (Å²) in [5.41, 5.74) is 0.991. The summed E-state index contributed by atoms with van der Waals surface area (Å²) in [6.45, 7) is 7.93. The SMILES string of the molecule is COCC1CCN(c2cnc(CNC(C)C)cn2)C1. The van der Waals surface area contributed by atoms with E-state index in [4.69, 9.17) is 4.74 Å². The zero-order valence-electron chi connectivity index (χ0n) is 12.1. The molecule has 1 aliphatic rings. The molecule has 2 heterocycles. The molecule has 1 aromatic rings. The minimum absolute atomic E-state index is 0.467. The van der Waals surface area contributed by atoms with Gasteiger partial charge in [-0.25, -0.2) is 4.98 Å². The lowest BCUT2D eigenvalue weighted by Gasteiger charge is -2.17. The van der Waals surface area contributed by atoms with Gasteiger partial charge in [0.1, 0.15) is 5.82 Å². The number of hydrogen-bond donors (Lipinski definition) is 1. The van der Waals surface area contributed by atoms with E-state index >= 15 is 0 Å². The molecule has 1 unspecified atom stereocenters. The Hall–Kier alpha value is -1.20. The Bertz CT molecular complexity index is 380. The van der Waals surface area contributed by atoms with Crippen LogP contribution in [-0.4, -0.2) is 42.8 Å². The Morgan fingerprint density at radius 2 is 2.26 bits per heavy atom. The van der Waals surface area contributed by atoms with Gasteiger partial charge in [0.25, 0.3) is 0 Å². The molecule has 0 spiro atoms. The average molecular weight is 264 g/mol. The smallest absolute Gasteiger partial charge is 0.147 e. The quantitative estimate of drug-likeness (QED) is 0.842. The molecule has 1 aliphatic heterocycles. The van der Waals surface area contributed by atoms with Gasteiger partial charge in [-0.1, -0.05) is 13.8 Å². The van der Waals surface area contributed by atoms with E-state index in [0.29, 0.717) is 12.0 Å². The first-order valence-corrected chi connectivity index (χ1v) is 6.97. The summed E-state index contributed by atoms with van der Waals surface area (Å²) >= 11 is 0. The molecule has 5 nitrogen and oxygen atoms in total. The van der Waals surface area contributed by atoms with Gasteiger partial charge in [-0.3, -0.25) is 4.98 Å². The van der Waals surface area contributed by atoms with Crippen molar-refractivity contribution >= 4 is 5.82 Å². The van der Waals surface area contributed by atoms with E-state index in [0.717, 1.165) is 37.8 Å². The van der Waals surface area contributed by atoms with E-state index in [-0.39, 0.29) is 0 Å². The molecular formula is C14H24N4O. The molecular weight excluding hydrogens is 240 g/mol. The maximum atomic E-state index is 5.21. The van der Waals surface area contributed by atoms with Gasteiger partial charge >= 0.3 is 0 Å². The van der Waals surface area contributed by atoms with Crippen molar-refractivity contribution in [3.8, 4) is 0 Å². The summed E-state index contributed by atoms with van der Waals surface area (Å²) in [7, 11) is 1.76. The van der Waals surface area contributed by atoms with Gasteiger partial charge in [-0.15, -0.1) is 0 Å². The zero-order chi connectivity index (χ0) is 13.7. The Kier molecular flexibility index (Phi) is 5.10. The van der Waals surface area contributed by atoms with Gasteiger partial charge in [-0.2, -0.15) is 0 Å². The van der Waals surface area contributed by atoms with Crippen molar-refractivity contribution in [2.45, 2.75) is 32.9 Å². The first-order valence-electron chi connectivity index (χ1n) is 6.97. The van der Waals surface area contributed by atoms with Crippen LogP contribution in [0.25, 0.3) is 0 Å². The van der Waals surface area contributed by atoms with E-state index in [1.54, 1.807) is 7.11 Å². The van der Waals surface area contributed by atoms with E-state index in [1.807, 2.05) is 12.4 Å². The number of methoxy groups -OCH3 is 1. The predicted molar refractivity (Wildman–Crippen MR) is 76.2 cm³/mol. The van der Waals surface area contributed by atoms with E-state index < -0.39 is 0 Å². The lowest BCUT2D eigenvalue weighted by molar-refractivity contribution is 0.161. The standard InChI is InChI=1S/C14H24N4O/c1-11(2)15-6-13-7-17-14(8-16-13)18-5-4-12(9-18)10-19-3/h7-8,11-12,15H,4-6,9-10H2,1-3H3. The van der Waals surface area contributed by atoms with Crippen molar-refractivity contribution in [2.24, 2.45) is 5.92 Å². The van der Waals surface area contributed by atoms with Crippen molar-refractivity contribution in [3.63, 3.8) is 0 Å². The van der Waals surface area contributed by atoms with Crippen LogP contribution in [-0.2, 0) is 11.3 Å². The summed E-state index contributed by atoms with van der Waals surface area (Å²) in [6.07, 6.45) is 4.92. The number of hydrogen-bond acceptors (Lipinski definition) is 5. The van der Waals surface area contributed by atoms with Gasteiger partial charge in [0, 0.05) is 38.7 Å². The van der Waals surface area contributed by atoms with Gasteiger partial charge in [0.05, 0.1) is 24.7 Å². The molecule has 1 fully saturated rings. The number of aromatic nitrogens is 2. The van der Waals surface area contributed by atoms with Gasteiger partial charge in [0.2, 0.25) is 0 Å². The molecule has 0 radical (unpaired) electrons. The molecule has 19 heavy (non-hydrogen) atoms. The van der Waals surface area contributed by atoms with Gasteiger partial charge < -0.3 is 15.0 Å². The van der Waals surface area contributed by atoms with E-state index in [2.05, 4.69) is 34.0 Å². The molecule has 5 heteroatoms. The van der Waals surface area contributed by atoms with Crippen LogP contribution < -0.4 is 10.2 Å². The highest BCUT2D eigenvalue weighted by Gasteiger charge is 2.23. The Morgan fingerprint density at radius 3 is 2.89 bits per heavy atom. The third-order valence-corrected chi connectivity index (χ3v) is 3.40. The number of ether oxygens (including phenoxy) is 1. The number of anilines is 1. The Morgan fingerprint density at radius 1 is 1.42 bits per heavy atom. The maximum Gasteiger partial charge on any atom is 0.147 e. The molecule has 0 aliphatic carbocycles. The van der Waals surface area contributed by atoms with Crippen molar-refractivity contribution in [1.29, 1.82) is 0 Å². The number of nitrogens with zero attached hydrogens (tertiary/aromatic N) is 3. The lowest BCUT2D eigenvalue weighted by atomic mass is 10.1. The summed E-state index contributed by atoms with van der Waals surface area (Å²) in [6, 6.07) is 0.467. The summed E-state index contributed by atoms with van der Waals surface area (Å²) in [4.78, 5) is 11.3. The van der Waals surface area contributed by atoms with Crippen molar-refractivity contribution in [3.05, 3.63) is 18.1 Å². The third-order valence-electron chi connectivity index (χ3n) is 3.40. The molecule has 0 bridgehead atoms. The summed E-state index contributed by atoms with van der Waals surface area (Å²) < 4.78 is 5.21. The van der Waals surface area contributed by atoms with Gasteiger partial charge in [-0.05, 0) is 6.42 Å². The van der Waals surface area contributed by atoms with Crippen LogP contribution in [0.15, 0.2) is 12.4 Å². The molecule has 1 atom stereocenters. The molecule has 1 saturated heterocycles. The normalized spacial score (nSPS) is 19.4. The minimum atomic E-state index is 0.467. The topological polar surface area (TPSA) is 50.3 Å². The highest BCUT2D eigenvalue weighted by Crippen LogP contribution is 2.21. The number of nitrogens with one attached hydrogen (secondary N) is 1. The molecule has 0 saturated carbocycles. The molecule has 0 aromatic carbocycles. The van der Waals surface area contributed by atoms with E-state index in [9.17, 15) is 0 Å². The fourth-order valence-corrected chi connectivity index (χ4v) is 2.32. The predicted octanol–water partition coefficient (Wildman–Crippen LogP) is 1.45. The van der Waals surface area contributed by atoms with Crippen LogP contribution in [0.4, 0.5) is 5.82 Å². The second-order valence-corrected chi connectivity index (χ2v) is 5.46. The maximum absolute atomic E-state index is 5.21. The molecule has 2 rings (SSSR count). The van der Waals surface area contributed by atoms with E-state index in [1.165, 1.54) is 6.42 Å². The van der Waals surface area contributed by atoms with Gasteiger partial charge in [0.15, 0.2) is 0 Å². The zero-order valence-corrected chi connectivity index (χ0v) is 12.1. The van der Waals surface area contributed by atoms with Crippen LogP contribution in [0, 0.1) is 5.92 Å². The average Bonchev–Trinajstić information content (AvgIpc) is 2.86. The van der Waals surface area contributed by atoms with Crippen LogP contribution >= 0.6 is 0 Å². The van der Waals surface area contributed by atoms with Crippen molar-refractivity contribution < 1.29 is 4.74 Å². The van der Waals surface area contributed by atoms with Crippen LogP contribution in [0.5, 0.6) is 0 Å². The largest absolute Gasteiger partial charge is 0.384 e. The molecule has 106 valence electrons. The number of rotatable bonds is 6. The fraction of sp³-hybridized carbons (Fsp3) is 0.714. The van der Waals surface area contributed by atoms with Crippen molar-refractivity contribution in [2.75, 3.05) is 31.7 Å². The Labute approximate surface area is 115 Å². The van der Waals surface area contributed by atoms with Crippen molar-refractivity contribution in [1.82, 2.24) is 15.3 Å². The molecule has 1 aromatic heterocycles. The van der Waals surface area contributed by atoms with Crippen LogP contribution in [0.1, 0.15) is 26.0 Å². The second kappa shape index (κ2) is 6.82. The highest BCUT2D eigenvalue weighted by molar-refractivity contribution is 5.37. The second-order valence-electron chi connectivity index (χ2n) is 5.46. The first kappa shape index (κ1) is 14.2. The first-order chi connectivity index (χ1) is 9.19. The fourth-order valence-electron chi connectivity index (χ4n) is 2.32. The van der Waals surface area contributed by atoms with Crippen LogP contribution in [0.2, 0.25) is 0 Å². The monoisotopic (exact) mass is 264 g/mol. The minimum Gasteiger partial charge on any atom is -0.384 e.